The number of nitrogens with one attached hydrogen (secondary N) is 2. The fourth-order valence-corrected chi connectivity index (χ4v) is 7.59. The number of hydrogen-bond donors (Lipinski definition) is 4. The van der Waals surface area contributed by atoms with Gasteiger partial charge in [-0.2, -0.15) is 0 Å². The monoisotopic (exact) mass is 626 g/mol. The highest BCUT2D eigenvalue weighted by Gasteiger charge is 2.54. The highest BCUT2D eigenvalue weighted by atomic mass is 32.2. The van der Waals surface area contributed by atoms with Crippen LogP contribution in [0.3, 0.4) is 0 Å². The Hall–Kier alpha value is -4.78. The number of anilines is 1. The maximum atomic E-state index is 13.2. The van der Waals surface area contributed by atoms with Crippen LogP contribution in [-0.4, -0.2) is 67.4 Å². The minimum atomic E-state index is -1.34. The molecule has 0 saturated carbocycles. The van der Waals surface area contributed by atoms with E-state index in [4.69, 9.17) is 0 Å². The molecular formula is C32H26N4O6S2. The first-order chi connectivity index (χ1) is 21.3. The summed E-state index contributed by atoms with van der Waals surface area (Å²) in [6.45, 7) is -0.499. The van der Waals surface area contributed by atoms with Crippen molar-refractivity contribution in [1.82, 2.24) is 15.2 Å². The number of hydrogen-bond acceptors (Lipinski definition) is 9. The van der Waals surface area contributed by atoms with E-state index in [1.54, 1.807) is 0 Å². The van der Waals surface area contributed by atoms with Gasteiger partial charge in [0.1, 0.15) is 28.3 Å². The van der Waals surface area contributed by atoms with Crippen LogP contribution in [0.4, 0.5) is 5.13 Å². The van der Waals surface area contributed by atoms with Crippen LogP contribution < -0.4 is 10.6 Å². The zero-order valence-electron chi connectivity index (χ0n) is 23.0. The van der Waals surface area contributed by atoms with Gasteiger partial charge in [0.05, 0.1) is 6.61 Å². The molecule has 6 rings (SSSR count). The van der Waals surface area contributed by atoms with Crippen molar-refractivity contribution in [2.75, 3.05) is 17.7 Å². The van der Waals surface area contributed by atoms with E-state index in [0.29, 0.717) is 5.13 Å². The number of thioether (sulfide) groups is 1. The molecule has 12 heteroatoms. The quantitative estimate of drug-likeness (QED) is 0.0899. The van der Waals surface area contributed by atoms with Crippen LogP contribution in [0.25, 0.3) is 0 Å². The third kappa shape index (κ3) is 5.06. The molecule has 2 amide bonds. The van der Waals surface area contributed by atoms with Crippen LogP contribution >= 0.6 is 23.1 Å². The van der Waals surface area contributed by atoms with Crippen LogP contribution in [0.15, 0.2) is 108 Å². The predicted octanol–water partition coefficient (Wildman–Crippen LogP) is 3.46. The molecule has 2 aliphatic rings. The van der Waals surface area contributed by atoms with Gasteiger partial charge in [-0.1, -0.05) is 91.0 Å². The molecule has 3 aromatic carbocycles. The molecule has 4 aromatic rings. The number of benzene rings is 3. The fourth-order valence-electron chi connectivity index (χ4n) is 5.50. The largest absolute Gasteiger partial charge is 0.477 e. The second-order valence-electron chi connectivity index (χ2n) is 10.1. The Morgan fingerprint density at radius 1 is 0.909 bits per heavy atom. The van der Waals surface area contributed by atoms with Crippen LogP contribution in [0.5, 0.6) is 0 Å². The van der Waals surface area contributed by atoms with Crippen LogP contribution in [0.2, 0.25) is 0 Å². The number of thiazole rings is 1. The number of carboxylic acids is 1. The summed E-state index contributed by atoms with van der Waals surface area (Å²) in [5.41, 5.74) is 1.78. The topological polar surface area (TPSA) is 149 Å². The summed E-state index contributed by atoms with van der Waals surface area (Å²) in [4.78, 5) is 56.2. The van der Waals surface area contributed by atoms with Crippen LogP contribution in [0.1, 0.15) is 27.2 Å². The molecule has 222 valence electrons. The minimum Gasteiger partial charge on any atom is -0.477 e. The number of carbonyl (C=O) groups excluding carboxylic acids is 3. The van der Waals surface area contributed by atoms with Crippen molar-refractivity contribution in [2.45, 2.75) is 17.0 Å². The first-order valence-electron chi connectivity index (χ1n) is 13.6. The Bertz CT molecular complexity index is 1660. The van der Waals surface area contributed by atoms with E-state index in [0.717, 1.165) is 21.6 Å². The van der Waals surface area contributed by atoms with Crippen LogP contribution in [-0.2, 0) is 19.9 Å². The summed E-state index contributed by atoms with van der Waals surface area (Å²) in [7, 11) is 0. The lowest BCUT2D eigenvalue weighted by Gasteiger charge is -2.49. The number of aliphatic hydroxyl groups is 1. The van der Waals surface area contributed by atoms with Gasteiger partial charge in [0.25, 0.3) is 17.6 Å². The van der Waals surface area contributed by atoms with Crippen molar-refractivity contribution in [1.29, 1.82) is 0 Å². The van der Waals surface area contributed by atoms with Crippen molar-refractivity contribution in [3.63, 3.8) is 0 Å². The number of amides is 2. The van der Waals surface area contributed by atoms with Gasteiger partial charge in [0.2, 0.25) is 0 Å². The Morgan fingerprint density at radius 2 is 1.45 bits per heavy atom. The fraction of sp³-hybridized carbons (Fsp3) is 0.156. The summed E-state index contributed by atoms with van der Waals surface area (Å²) in [6.07, 6.45) is 0. The second kappa shape index (κ2) is 12.1. The highest BCUT2D eigenvalue weighted by Crippen LogP contribution is 2.42. The number of aliphatic hydroxyl groups excluding tert-OH is 1. The number of rotatable bonds is 10. The number of ketones is 1. The highest BCUT2D eigenvalue weighted by molar-refractivity contribution is 8.00. The SMILES string of the molecule is O=C(O)C1=C(CO)CS[C@H]2[C@H](NC(=O)C(=O)c3csc(NC(c4ccccc4)(c4ccccc4)c4ccccc4)n3)C(=O)N12. The number of Topliss-reactive ketones (excluding diaryl/α,β-unsaturated/α-hetero) is 1. The van der Waals surface area contributed by atoms with E-state index in [1.807, 2.05) is 91.0 Å². The van der Waals surface area contributed by atoms with Gasteiger partial charge in [-0.05, 0) is 22.3 Å². The Morgan fingerprint density at radius 3 is 1.95 bits per heavy atom. The number of aliphatic carboxylic acids is 1. The van der Waals surface area contributed by atoms with Crippen molar-refractivity contribution < 1.29 is 29.4 Å². The zero-order valence-corrected chi connectivity index (χ0v) is 24.7. The average Bonchev–Trinajstić information content (AvgIpc) is 3.54. The number of β-lactam (4-membered cyclic amide) rings is 1. The molecule has 1 aromatic heterocycles. The molecule has 2 atom stereocenters. The summed E-state index contributed by atoms with van der Waals surface area (Å²) in [5.74, 6) is -3.76. The molecule has 0 spiro atoms. The predicted molar refractivity (Wildman–Crippen MR) is 166 cm³/mol. The van der Waals surface area contributed by atoms with Gasteiger partial charge in [0, 0.05) is 11.1 Å². The molecule has 10 nitrogen and oxygen atoms in total. The van der Waals surface area contributed by atoms with E-state index < -0.39 is 47.1 Å². The average molecular weight is 627 g/mol. The number of fused-ring (bicyclic) bond motifs is 1. The van der Waals surface area contributed by atoms with Crippen molar-refractivity contribution in [3.8, 4) is 0 Å². The van der Waals surface area contributed by atoms with Gasteiger partial charge < -0.3 is 20.8 Å². The number of aromatic nitrogens is 1. The van der Waals surface area contributed by atoms with Gasteiger partial charge in [0.15, 0.2) is 5.13 Å². The van der Waals surface area contributed by atoms with E-state index in [2.05, 4.69) is 15.6 Å². The second-order valence-corrected chi connectivity index (χ2v) is 12.1. The lowest BCUT2D eigenvalue weighted by atomic mass is 9.77. The van der Waals surface area contributed by atoms with Gasteiger partial charge >= 0.3 is 5.97 Å². The van der Waals surface area contributed by atoms with Crippen molar-refractivity contribution in [2.24, 2.45) is 0 Å². The number of carboxylic acid groups (broad SMARTS) is 1. The maximum Gasteiger partial charge on any atom is 0.352 e. The molecule has 0 unspecified atom stereocenters. The third-order valence-corrected chi connectivity index (χ3v) is 9.68. The molecule has 4 N–H and O–H groups in total. The molecule has 44 heavy (non-hydrogen) atoms. The van der Waals surface area contributed by atoms with Crippen molar-refractivity contribution in [3.05, 3.63) is 130 Å². The van der Waals surface area contributed by atoms with Crippen molar-refractivity contribution >= 4 is 51.8 Å². The van der Waals surface area contributed by atoms with E-state index in [1.165, 1.54) is 28.5 Å². The molecule has 0 radical (unpaired) electrons. The normalized spacial score (nSPS) is 17.8. The molecule has 0 aliphatic carbocycles. The molecule has 0 bridgehead atoms. The molecule has 1 saturated heterocycles. The first-order valence-corrected chi connectivity index (χ1v) is 15.5. The lowest BCUT2D eigenvalue weighted by Crippen LogP contribution is -2.71. The van der Waals surface area contributed by atoms with E-state index >= 15 is 0 Å². The van der Waals surface area contributed by atoms with Gasteiger partial charge in [-0.3, -0.25) is 19.3 Å². The Kier molecular flexibility index (Phi) is 8.04. The summed E-state index contributed by atoms with van der Waals surface area (Å²) in [6, 6.07) is 28.5. The zero-order chi connectivity index (χ0) is 30.8. The van der Waals surface area contributed by atoms with E-state index in [-0.39, 0.29) is 22.7 Å². The Labute approximate surface area is 260 Å². The summed E-state index contributed by atoms with van der Waals surface area (Å²) < 4.78 is 0. The van der Waals surface area contributed by atoms with Crippen LogP contribution in [0, 0.1) is 0 Å². The lowest BCUT2D eigenvalue weighted by molar-refractivity contribution is -0.150. The first kappa shape index (κ1) is 29.3. The van der Waals surface area contributed by atoms with Gasteiger partial charge in [-0.15, -0.1) is 23.1 Å². The summed E-state index contributed by atoms with van der Waals surface area (Å²) >= 11 is 2.38. The smallest absolute Gasteiger partial charge is 0.352 e. The number of carbonyl (C=O) groups is 4. The third-order valence-electron chi connectivity index (χ3n) is 7.59. The Balaban J connectivity index is 1.26. The molecule has 1 fully saturated rings. The van der Waals surface area contributed by atoms with E-state index in [9.17, 15) is 29.4 Å². The summed E-state index contributed by atoms with van der Waals surface area (Å²) in [5, 5.41) is 26.3. The molecular weight excluding hydrogens is 601 g/mol. The molecule has 2 aliphatic heterocycles. The minimum absolute atomic E-state index is 0.0910. The standard InChI is InChI=1S/C32H26N4O6S2/c37-16-19-17-43-29-24(28(40)36(29)25(19)30(41)42)34-27(39)26(38)23-18-44-31(33-23)35-32(20-10-4-1-5-11-20,21-12-6-2-7-13-21)22-14-8-3-9-15-22/h1-15,18,24,29,37H,16-17H2,(H,33,35)(H,34,39)(H,41,42)/t24-,29+/m1/s1. The van der Waals surface area contributed by atoms with Gasteiger partial charge in [-0.25, -0.2) is 9.78 Å². The number of nitrogens with zero attached hydrogens (tertiary/aromatic N) is 2. The molecule has 3 heterocycles. The maximum absolute atomic E-state index is 13.2.